The van der Waals surface area contributed by atoms with Gasteiger partial charge in [0.2, 0.25) is 0 Å². The molecule has 0 aliphatic carbocycles. The number of hydrogen-bond donors (Lipinski definition) is 1. The lowest BCUT2D eigenvalue weighted by atomic mass is 10.2. The molecule has 0 atom stereocenters. The van der Waals surface area contributed by atoms with Crippen LogP contribution in [0.4, 0.5) is 5.82 Å². The van der Waals surface area contributed by atoms with Gasteiger partial charge in [0, 0.05) is 38.1 Å². The number of H-pyrrole nitrogens is 1. The first-order valence-electron chi connectivity index (χ1n) is 8.48. The first kappa shape index (κ1) is 15.6. The third-order valence-corrected chi connectivity index (χ3v) is 4.52. The third kappa shape index (κ3) is 3.05. The summed E-state index contributed by atoms with van der Waals surface area (Å²) in [6, 6.07) is 7.56. The second-order valence-corrected chi connectivity index (χ2v) is 6.23. The molecule has 7 heteroatoms. The largest absolute Gasteiger partial charge is 0.354 e. The van der Waals surface area contributed by atoms with Crippen LogP contribution in [0.15, 0.2) is 36.8 Å². The van der Waals surface area contributed by atoms with Gasteiger partial charge in [0.25, 0.3) is 5.91 Å². The number of aromatic amines is 1. The van der Waals surface area contributed by atoms with Crippen LogP contribution in [-0.4, -0.2) is 56.9 Å². The standard InChI is InChI=1S/C18H20N6O/c1-13-4-2-5-15(22-13)18(25)24-9-3-8-23(10-11-24)17-14-6-7-19-16(14)20-12-21-17/h2,4-7,12H,3,8-11H2,1H3,(H,19,20,21). The van der Waals surface area contributed by atoms with Crippen molar-refractivity contribution < 1.29 is 4.79 Å². The zero-order valence-corrected chi connectivity index (χ0v) is 14.1. The maximum atomic E-state index is 12.7. The number of anilines is 1. The highest BCUT2D eigenvalue weighted by atomic mass is 16.2. The van der Waals surface area contributed by atoms with E-state index in [4.69, 9.17) is 0 Å². The maximum Gasteiger partial charge on any atom is 0.272 e. The van der Waals surface area contributed by atoms with E-state index >= 15 is 0 Å². The van der Waals surface area contributed by atoms with Crippen LogP contribution in [0.3, 0.4) is 0 Å². The molecule has 0 radical (unpaired) electrons. The van der Waals surface area contributed by atoms with Crippen LogP contribution in [0.1, 0.15) is 22.6 Å². The number of hydrogen-bond acceptors (Lipinski definition) is 5. The van der Waals surface area contributed by atoms with Crippen molar-refractivity contribution in [2.75, 3.05) is 31.1 Å². The summed E-state index contributed by atoms with van der Waals surface area (Å²) in [4.78, 5) is 33.0. The van der Waals surface area contributed by atoms with Crippen LogP contribution in [0.25, 0.3) is 11.0 Å². The van der Waals surface area contributed by atoms with Crippen LogP contribution < -0.4 is 4.90 Å². The van der Waals surface area contributed by atoms with Gasteiger partial charge in [-0.3, -0.25) is 4.79 Å². The van der Waals surface area contributed by atoms with Gasteiger partial charge in [-0.05, 0) is 31.5 Å². The molecular weight excluding hydrogens is 316 g/mol. The Kier molecular flexibility index (Phi) is 4.05. The Labute approximate surface area is 145 Å². The van der Waals surface area contributed by atoms with E-state index in [0.717, 1.165) is 48.6 Å². The fraction of sp³-hybridized carbons (Fsp3) is 0.333. The normalized spacial score (nSPS) is 15.4. The smallest absolute Gasteiger partial charge is 0.272 e. The third-order valence-electron chi connectivity index (χ3n) is 4.52. The number of carbonyl (C=O) groups is 1. The quantitative estimate of drug-likeness (QED) is 0.774. The van der Waals surface area contributed by atoms with Gasteiger partial charge >= 0.3 is 0 Å². The number of fused-ring (bicyclic) bond motifs is 1. The number of amides is 1. The van der Waals surface area contributed by atoms with Crippen LogP contribution in [0.2, 0.25) is 0 Å². The number of rotatable bonds is 2. The lowest BCUT2D eigenvalue weighted by Gasteiger charge is -2.23. The zero-order chi connectivity index (χ0) is 17.2. The van der Waals surface area contributed by atoms with E-state index in [2.05, 4.69) is 24.8 Å². The van der Waals surface area contributed by atoms with Crippen LogP contribution in [-0.2, 0) is 0 Å². The second kappa shape index (κ2) is 6.51. The lowest BCUT2D eigenvalue weighted by Crippen LogP contribution is -2.35. The minimum absolute atomic E-state index is 0.0000268. The molecule has 7 nitrogen and oxygen atoms in total. The van der Waals surface area contributed by atoms with Gasteiger partial charge in [0.05, 0.1) is 5.39 Å². The molecule has 0 saturated carbocycles. The molecule has 4 rings (SSSR count). The molecule has 1 aliphatic heterocycles. The fourth-order valence-corrected chi connectivity index (χ4v) is 3.27. The summed E-state index contributed by atoms with van der Waals surface area (Å²) < 4.78 is 0. The summed E-state index contributed by atoms with van der Waals surface area (Å²) >= 11 is 0. The summed E-state index contributed by atoms with van der Waals surface area (Å²) in [7, 11) is 0. The average molecular weight is 336 g/mol. The highest BCUT2D eigenvalue weighted by molar-refractivity contribution is 5.92. The Morgan fingerprint density at radius 1 is 1.12 bits per heavy atom. The van der Waals surface area contributed by atoms with E-state index in [-0.39, 0.29) is 5.91 Å². The predicted molar refractivity (Wildman–Crippen MR) is 95.6 cm³/mol. The van der Waals surface area contributed by atoms with Crippen molar-refractivity contribution in [1.29, 1.82) is 0 Å². The van der Waals surface area contributed by atoms with Gasteiger partial charge in [0.15, 0.2) is 0 Å². The lowest BCUT2D eigenvalue weighted by molar-refractivity contribution is 0.0761. The molecule has 1 aliphatic rings. The van der Waals surface area contributed by atoms with Gasteiger partial charge in [-0.1, -0.05) is 6.07 Å². The SMILES string of the molecule is Cc1cccc(C(=O)N2CCCN(c3ncnc4[nH]ccc34)CC2)n1. The van der Waals surface area contributed by atoms with Crippen molar-refractivity contribution in [3.8, 4) is 0 Å². The number of pyridine rings is 1. The average Bonchev–Trinajstić information content (AvgIpc) is 2.98. The Balaban J connectivity index is 1.52. The molecule has 128 valence electrons. The molecule has 0 bridgehead atoms. The van der Waals surface area contributed by atoms with Crippen LogP contribution >= 0.6 is 0 Å². The number of nitrogens with one attached hydrogen (secondary N) is 1. The monoisotopic (exact) mass is 336 g/mol. The highest BCUT2D eigenvalue weighted by Crippen LogP contribution is 2.23. The number of aryl methyl sites for hydroxylation is 1. The summed E-state index contributed by atoms with van der Waals surface area (Å²) in [6.07, 6.45) is 4.35. The molecule has 3 aromatic heterocycles. The molecule has 1 fully saturated rings. The minimum atomic E-state index is 0.0000268. The van der Waals surface area contributed by atoms with E-state index in [9.17, 15) is 4.79 Å². The predicted octanol–water partition coefficient (Wildman–Crippen LogP) is 2.01. The molecule has 25 heavy (non-hydrogen) atoms. The van der Waals surface area contributed by atoms with Crippen molar-refractivity contribution >= 4 is 22.8 Å². The maximum absolute atomic E-state index is 12.7. The van der Waals surface area contributed by atoms with Gasteiger partial charge in [-0.15, -0.1) is 0 Å². The van der Waals surface area contributed by atoms with Crippen molar-refractivity contribution in [2.45, 2.75) is 13.3 Å². The van der Waals surface area contributed by atoms with Gasteiger partial charge in [0.1, 0.15) is 23.5 Å². The molecule has 4 heterocycles. The Morgan fingerprint density at radius 3 is 2.92 bits per heavy atom. The molecule has 1 amide bonds. The summed E-state index contributed by atoms with van der Waals surface area (Å²) in [5.74, 6) is 0.925. The Morgan fingerprint density at radius 2 is 2.04 bits per heavy atom. The van der Waals surface area contributed by atoms with Crippen molar-refractivity contribution in [1.82, 2.24) is 24.8 Å². The molecule has 1 N–H and O–H groups in total. The molecule has 1 saturated heterocycles. The molecule has 3 aromatic rings. The van der Waals surface area contributed by atoms with Crippen molar-refractivity contribution in [3.63, 3.8) is 0 Å². The fourth-order valence-electron chi connectivity index (χ4n) is 3.27. The van der Waals surface area contributed by atoms with E-state index in [0.29, 0.717) is 12.2 Å². The van der Waals surface area contributed by atoms with Gasteiger partial charge < -0.3 is 14.8 Å². The molecule has 0 aromatic carbocycles. The first-order valence-corrected chi connectivity index (χ1v) is 8.48. The van der Waals surface area contributed by atoms with Crippen LogP contribution in [0, 0.1) is 6.92 Å². The molecule has 0 unspecified atom stereocenters. The number of nitrogens with zero attached hydrogens (tertiary/aromatic N) is 5. The zero-order valence-electron chi connectivity index (χ0n) is 14.1. The summed E-state index contributed by atoms with van der Waals surface area (Å²) in [5, 5.41) is 1.02. The Hall–Kier alpha value is -2.96. The number of carbonyl (C=O) groups excluding carboxylic acids is 1. The molecular formula is C18H20N6O. The summed E-state index contributed by atoms with van der Waals surface area (Å²) in [5.41, 5.74) is 2.22. The van der Waals surface area contributed by atoms with Crippen LogP contribution in [0.5, 0.6) is 0 Å². The van der Waals surface area contributed by atoms with E-state index in [1.165, 1.54) is 0 Å². The van der Waals surface area contributed by atoms with E-state index in [1.807, 2.05) is 36.2 Å². The van der Waals surface area contributed by atoms with Crippen molar-refractivity contribution in [3.05, 3.63) is 48.2 Å². The van der Waals surface area contributed by atoms with Gasteiger partial charge in [-0.25, -0.2) is 15.0 Å². The Bertz CT molecular complexity index is 905. The van der Waals surface area contributed by atoms with Crippen molar-refractivity contribution in [2.24, 2.45) is 0 Å². The van der Waals surface area contributed by atoms with E-state index in [1.54, 1.807) is 12.4 Å². The van der Waals surface area contributed by atoms with E-state index < -0.39 is 0 Å². The molecule has 0 spiro atoms. The minimum Gasteiger partial charge on any atom is -0.354 e. The second-order valence-electron chi connectivity index (χ2n) is 6.23. The highest BCUT2D eigenvalue weighted by Gasteiger charge is 2.22. The number of aromatic nitrogens is 4. The first-order chi connectivity index (χ1) is 12.2. The topological polar surface area (TPSA) is 78.0 Å². The summed E-state index contributed by atoms with van der Waals surface area (Å²) in [6.45, 7) is 4.89. The van der Waals surface area contributed by atoms with Gasteiger partial charge in [-0.2, -0.15) is 0 Å².